The van der Waals surface area contributed by atoms with E-state index in [0.29, 0.717) is 60.2 Å². The fourth-order valence-electron chi connectivity index (χ4n) is 7.55. The van der Waals surface area contributed by atoms with E-state index in [2.05, 4.69) is 41.5 Å². The van der Waals surface area contributed by atoms with Gasteiger partial charge in [0.2, 0.25) is 0 Å². The second-order valence-electron chi connectivity index (χ2n) is 11.5. The molecule has 0 bridgehead atoms. The van der Waals surface area contributed by atoms with Crippen molar-refractivity contribution in [3.8, 4) is 0 Å². The van der Waals surface area contributed by atoms with E-state index in [1.54, 1.807) is 0 Å². The lowest BCUT2D eigenvalue weighted by Crippen LogP contribution is -2.52. The Balaban J connectivity index is 1.94. The van der Waals surface area contributed by atoms with Crippen LogP contribution in [0.1, 0.15) is 73.6 Å². The van der Waals surface area contributed by atoms with E-state index in [1.165, 1.54) is 0 Å². The van der Waals surface area contributed by atoms with Crippen LogP contribution in [-0.4, -0.2) is 44.8 Å². The van der Waals surface area contributed by atoms with E-state index in [4.69, 9.17) is 0 Å². The standard InChI is InChI=1S/C25H46O4/c1-12-9-19(14(3)16(5)24(12)28)23(18-7-8-21(26)22(27)11-18)20-10-13(2)25(29)17(6)15(20)4/h12-29H,7-11H2,1-6H3. The third kappa shape index (κ3) is 4.42. The third-order valence-corrected chi connectivity index (χ3v) is 9.90. The molecule has 13 atom stereocenters. The van der Waals surface area contributed by atoms with E-state index < -0.39 is 12.2 Å². The molecule has 3 saturated carbocycles. The minimum absolute atomic E-state index is 0.232. The number of hydrogen-bond donors (Lipinski definition) is 4. The second kappa shape index (κ2) is 9.14. The van der Waals surface area contributed by atoms with Gasteiger partial charge in [-0.05, 0) is 91.3 Å². The maximum absolute atomic E-state index is 10.7. The number of hydrogen-bond acceptors (Lipinski definition) is 4. The number of rotatable bonds is 3. The Hall–Kier alpha value is -0.160. The van der Waals surface area contributed by atoms with Crippen LogP contribution in [0.25, 0.3) is 0 Å². The highest BCUT2D eigenvalue weighted by molar-refractivity contribution is 4.99. The van der Waals surface area contributed by atoms with Gasteiger partial charge in [-0.25, -0.2) is 0 Å². The highest BCUT2D eigenvalue weighted by Gasteiger charge is 2.50. The molecular weight excluding hydrogens is 364 g/mol. The molecule has 4 heteroatoms. The molecule has 0 saturated heterocycles. The zero-order valence-electron chi connectivity index (χ0n) is 19.4. The molecule has 0 aromatic rings. The van der Waals surface area contributed by atoms with Gasteiger partial charge in [0.1, 0.15) is 0 Å². The van der Waals surface area contributed by atoms with Gasteiger partial charge in [-0.3, -0.25) is 0 Å². The Labute approximate surface area is 178 Å². The van der Waals surface area contributed by atoms with E-state index >= 15 is 0 Å². The fraction of sp³-hybridized carbons (Fsp3) is 1.00. The van der Waals surface area contributed by atoms with Gasteiger partial charge in [0.05, 0.1) is 24.4 Å². The summed E-state index contributed by atoms with van der Waals surface area (Å²) < 4.78 is 0. The summed E-state index contributed by atoms with van der Waals surface area (Å²) in [5, 5.41) is 42.0. The Kier molecular flexibility index (Phi) is 7.41. The third-order valence-electron chi connectivity index (χ3n) is 9.90. The van der Waals surface area contributed by atoms with Crippen molar-refractivity contribution in [1.29, 1.82) is 0 Å². The molecule has 29 heavy (non-hydrogen) atoms. The van der Waals surface area contributed by atoms with Crippen molar-refractivity contribution in [2.45, 2.75) is 98.1 Å². The first-order valence-electron chi connectivity index (χ1n) is 12.3. The summed E-state index contributed by atoms with van der Waals surface area (Å²) in [4.78, 5) is 0. The van der Waals surface area contributed by atoms with Gasteiger partial charge in [-0.2, -0.15) is 0 Å². The largest absolute Gasteiger partial charge is 0.393 e. The van der Waals surface area contributed by atoms with Crippen LogP contribution in [0.3, 0.4) is 0 Å². The molecule has 3 aliphatic carbocycles. The molecule has 0 spiro atoms. The Morgan fingerprint density at radius 3 is 1.41 bits per heavy atom. The van der Waals surface area contributed by atoms with Crippen molar-refractivity contribution in [2.24, 2.45) is 59.2 Å². The van der Waals surface area contributed by atoms with Gasteiger partial charge in [-0.1, -0.05) is 41.5 Å². The van der Waals surface area contributed by atoms with Crippen LogP contribution in [0, 0.1) is 59.2 Å². The second-order valence-corrected chi connectivity index (χ2v) is 11.5. The van der Waals surface area contributed by atoms with Crippen LogP contribution in [0.4, 0.5) is 0 Å². The van der Waals surface area contributed by atoms with Crippen molar-refractivity contribution in [3.05, 3.63) is 0 Å². The summed E-state index contributed by atoms with van der Waals surface area (Å²) in [6, 6.07) is 0. The molecule has 0 aliphatic heterocycles. The molecular formula is C25H46O4. The monoisotopic (exact) mass is 410 g/mol. The lowest BCUT2D eigenvalue weighted by atomic mass is 9.52. The first-order chi connectivity index (χ1) is 13.5. The summed E-state index contributed by atoms with van der Waals surface area (Å²) in [6.45, 7) is 13.4. The van der Waals surface area contributed by atoms with Crippen molar-refractivity contribution >= 4 is 0 Å². The molecule has 0 radical (unpaired) electrons. The van der Waals surface area contributed by atoms with Crippen LogP contribution in [0.2, 0.25) is 0 Å². The Bertz CT molecular complexity index is 505. The van der Waals surface area contributed by atoms with Gasteiger partial charge in [-0.15, -0.1) is 0 Å². The zero-order valence-corrected chi connectivity index (χ0v) is 19.4. The minimum atomic E-state index is -0.616. The zero-order chi connectivity index (χ0) is 21.6. The maximum Gasteiger partial charge on any atom is 0.0801 e. The summed E-state index contributed by atoms with van der Waals surface area (Å²) >= 11 is 0. The Morgan fingerprint density at radius 2 is 1.00 bits per heavy atom. The minimum Gasteiger partial charge on any atom is -0.393 e. The maximum atomic E-state index is 10.7. The van der Waals surface area contributed by atoms with E-state index in [0.717, 1.165) is 19.3 Å². The molecule has 0 heterocycles. The fourth-order valence-corrected chi connectivity index (χ4v) is 7.55. The highest BCUT2D eigenvalue weighted by atomic mass is 16.3. The molecule has 170 valence electrons. The molecule has 3 fully saturated rings. The van der Waals surface area contributed by atoms with E-state index in [1.807, 2.05) is 0 Å². The average molecular weight is 411 g/mol. The van der Waals surface area contributed by atoms with Gasteiger partial charge >= 0.3 is 0 Å². The molecule has 0 aromatic carbocycles. The molecule has 4 N–H and O–H groups in total. The first kappa shape index (κ1) is 23.5. The van der Waals surface area contributed by atoms with Crippen molar-refractivity contribution in [3.63, 3.8) is 0 Å². The number of aliphatic hydroxyl groups is 4. The molecule has 13 unspecified atom stereocenters. The lowest BCUT2D eigenvalue weighted by Gasteiger charge is -2.54. The molecule has 3 aliphatic rings. The van der Waals surface area contributed by atoms with Crippen molar-refractivity contribution < 1.29 is 20.4 Å². The smallest absolute Gasteiger partial charge is 0.0801 e. The molecule has 0 aromatic heterocycles. The SMILES string of the molecule is CC1CC(C(C2CCC(O)C(O)C2)C2CC(C)C(O)C(C)C2C)C(C)C(C)C1O. The number of aliphatic hydroxyl groups excluding tert-OH is 4. The van der Waals surface area contributed by atoms with Crippen LogP contribution in [0.15, 0.2) is 0 Å². The highest BCUT2D eigenvalue weighted by Crippen LogP contribution is 2.54. The van der Waals surface area contributed by atoms with E-state index in [-0.39, 0.29) is 24.0 Å². The van der Waals surface area contributed by atoms with E-state index in [9.17, 15) is 20.4 Å². The topological polar surface area (TPSA) is 80.9 Å². The predicted molar refractivity (Wildman–Crippen MR) is 116 cm³/mol. The summed E-state index contributed by atoms with van der Waals surface area (Å²) in [5.41, 5.74) is 0. The van der Waals surface area contributed by atoms with Crippen LogP contribution in [-0.2, 0) is 0 Å². The average Bonchev–Trinajstić information content (AvgIpc) is 2.69. The lowest BCUT2D eigenvalue weighted by molar-refractivity contribution is -0.114. The Morgan fingerprint density at radius 1 is 0.552 bits per heavy atom. The molecule has 3 rings (SSSR count). The summed E-state index contributed by atoms with van der Waals surface area (Å²) in [5.74, 6) is 4.00. The van der Waals surface area contributed by atoms with Crippen LogP contribution < -0.4 is 0 Å². The van der Waals surface area contributed by atoms with Gasteiger partial charge in [0.15, 0.2) is 0 Å². The molecule has 0 amide bonds. The first-order valence-corrected chi connectivity index (χ1v) is 12.3. The normalized spacial score (nSPS) is 55.4. The van der Waals surface area contributed by atoms with Crippen molar-refractivity contribution in [1.82, 2.24) is 0 Å². The van der Waals surface area contributed by atoms with Gasteiger partial charge in [0, 0.05) is 0 Å². The predicted octanol–water partition coefficient (Wildman–Crippen LogP) is 3.70. The quantitative estimate of drug-likeness (QED) is 0.572. The van der Waals surface area contributed by atoms with Crippen LogP contribution >= 0.6 is 0 Å². The molecule has 4 nitrogen and oxygen atoms in total. The van der Waals surface area contributed by atoms with Gasteiger partial charge < -0.3 is 20.4 Å². The van der Waals surface area contributed by atoms with Crippen molar-refractivity contribution in [2.75, 3.05) is 0 Å². The summed E-state index contributed by atoms with van der Waals surface area (Å²) in [7, 11) is 0. The van der Waals surface area contributed by atoms with Crippen LogP contribution in [0.5, 0.6) is 0 Å². The van der Waals surface area contributed by atoms with Gasteiger partial charge in [0.25, 0.3) is 0 Å². The summed E-state index contributed by atoms with van der Waals surface area (Å²) in [6.07, 6.45) is 2.77.